The SMILES string of the molecule is CC(C)COc1ccc2ccccc2c1C1Nc2ccccc2C(=O)N1C. The lowest BCUT2D eigenvalue weighted by Crippen LogP contribution is -2.40. The molecule has 1 atom stereocenters. The highest BCUT2D eigenvalue weighted by Gasteiger charge is 2.32. The molecule has 0 bridgehead atoms. The molecule has 3 aromatic rings. The van der Waals surface area contributed by atoms with Gasteiger partial charge in [0, 0.05) is 18.3 Å². The zero-order chi connectivity index (χ0) is 19.0. The second-order valence-electron chi connectivity index (χ2n) is 7.41. The number of carbonyl (C=O) groups is 1. The molecule has 0 saturated heterocycles. The van der Waals surface area contributed by atoms with Crippen LogP contribution in [0.1, 0.15) is 35.9 Å². The highest BCUT2D eigenvalue weighted by molar-refractivity contribution is 6.02. The van der Waals surface area contributed by atoms with Gasteiger partial charge in [-0.05, 0) is 34.9 Å². The van der Waals surface area contributed by atoms with Crippen molar-refractivity contribution in [1.29, 1.82) is 0 Å². The number of anilines is 1. The van der Waals surface area contributed by atoms with Gasteiger partial charge in [0.05, 0.1) is 12.2 Å². The van der Waals surface area contributed by atoms with E-state index in [1.165, 1.54) is 0 Å². The number of para-hydroxylation sites is 1. The Kier molecular flexibility index (Phi) is 4.48. The molecular weight excluding hydrogens is 336 g/mol. The highest BCUT2D eigenvalue weighted by atomic mass is 16.5. The number of rotatable bonds is 4. The van der Waals surface area contributed by atoms with Crippen LogP contribution in [0.25, 0.3) is 10.8 Å². The molecular formula is C23H24N2O2. The summed E-state index contributed by atoms with van der Waals surface area (Å²) in [6.45, 7) is 4.89. The number of nitrogens with one attached hydrogen (secondary N) is 1. The van der Waals surface area contributed by atoms with E-state index in [4.69, 9.17) is 4.74 Å². The number of fused-ring (bicyclic) bond motifs is 2. The summed E-state index contributed by atoms with van der Waals surface area (Å²) in [7, 11) is 1.84. The van der Waals surface area contributed by atoms with Crippen molar-refractivity contribution in [3.8, 4) is 5.75 Å². The summed E-state index contributed by atoms with van der Waals surface area (Å²) < 4.78 is 6.15. The summed E-state index contributed by atoms with van der Waals surface area (Å²) in [4.78, 5) is 14.7. The Hall–Kier alpha value is -3.01. The van der Waals surface area contributed by atoms with Gasteiger partial charge in [0.1, 0.15) is 11.9 Å². The van der Waals surface area contributed by atoms with Crippen molar-refractivity contribution in [3.05, 3.63) is 71.8 Å². The molecule has 0 saturated carbocycles. The number of amides is 1. The molecule has 0 spiro atoms. The first-order valence-electron chi connectivity index (χ1n) is 9.33. The number of hydrogen-bond acceptors (Lipinski definition) is 3. The summed E-state index contributed by atoms with van der Waals surface area (Å²) in [6, 6.07) is 20.0. The molecule has 4 heteroatoms. The molecule has 0 aliphatic carbocycles. The lowest BCUT2D eigenvalue weighted by atomic mass is 9.97. The average Bonchev–Trinajstić information content (AvgIpc) is 2.69. The lowest BCUT2D eigenvalue weighted by molar-refractivity contribution is 0.0734. The summed E-state index contributed by atoms with van der Waals surface area (Å²) in [5.74, 6) is 1.25. The van der Waals surface area contributed by atoms with Crippen LogP contribution in [-0.4, -0.2) is 24.5 Å². The second kappa shape index (κ2) is 6.95. The first-order valence-corrected chi connectivity index (χ1v) is 9.33. The normalized spacial score (nSPS) is 16.4. The van der Waals surface area contributed by atoms with E-state index < -0.39 is 0 Å². The van der Waals surface area contributed by atoms with Crippen molar-refractivity contribution < 1.29 is 9.53 Å². The topological polar surface area (TPSA) is 41.6 Å². The van der Waals surface area contributed by atoms with Gasteiger partial charge in [-0.2, -0.15) is 0 Å². The van der Waals surface area contributed by atoms with Crippen LogP contribution in [0.15, 0.2) is 60.7 Å². The van der Waals surface area contributed by atoms with Crippen LogP contribution in [0.4, 0.5) is 5.69 Å². The maximum absolute atomic E-state index is 13.0. The fourth-order valence-electron chi connectivity index (χ4n) is 3.55. The zero-order valence-corrected chi connectivity index (χ0v) is 15.9. The first-order chi connectivity index (χ1) is 13.1. The van der Waals surface area contributed by atoms with Crippen molar-refractivity contribution >= 4 is 22.4 Å². The Bertz CT molecular complexity index is 997. The molecule has 4 rings (SSSR count). The Morgan fingerprint density at radius 1 is 1.04 bits per heavy atom. The molecule has 0 radical (unpaired) electrons. The highest BCUT2D eigenvalue weighted by Crippen LogP contribution is 2.40. The van der Waals surface area contributed by atoms with Gasteiger partial charge in [-0.1, -0.05) is 56.3 Å². The summed E-state index contributed by atoms with van der Waals surface area (Å²) in [5, 5.41) is 5.76. The van der Waals surface area contributed by atoms with Crippen LogP contribution in [0.2, 0.25) is 0 Å². The van der Waals surface area contributed by atoms with Gasteiger partial charge in [0.25, 0.3) is 5.91 Å². The Morgan fingerprint density at radius 3 is 2.59 bits per heavy atom. The minimum Gasteiger partial charge on any atom is -0.493 e. The second-order valence-corrected chi connectivity index (χ2v) is 7.41. The van der Waals surface area contributed by atoms with Gasteiger partial charge in [-0.15, -0.1) is 0 Å². The molecule has 3 aromatic carbocycles. The van der Waals surface area contributed by atoms with E-state index in [0.29, 0.717) is 18.1 Å². The van der Waals surface area contributed by atoms with E-state index in [9.17, 15) is 4.79 Å². The van der Waals surface area contributed by atoms with Crippen LogP contribution in [0.5, 0.6) is 5.75 Å². The lowest BCUT2D eigenvalue weighted by Gasteiger charge is -2.37. The van der Waals surface area contributed by atoms with E-state index in [1.54, 1.807) is 4.90 Å². The maximum Gasteiger partial charge on any atom is 0.257 e. The Balaban J connectivity index is 1.86. The Labute approximate surface area is 159 Å². The monoisotopic (exact) mass is 360 g/mol. The van der Waals surface area contributed by atoms with Gasteiger partial charge in [0.2, 0.25) is 0 Å². The van der Waals surface area contributed by atoms with E-state index in [2.05, 4.69) is 37.4 Å². The van der Waals surface area contributed by atoms with Gasteiger partial charge >= 0.3 is 0 Å². The predicted octanol–water partition coefficient (Wildman–Crippen LogP) is 5.07. The molecule has 1 heterocycles. The third-order valence-electron chi connectivity index (χ3n) is 4.93. The standard InChI is InChI=1S/C23H24N2O2/c1-15(2)14-27-20-13-12-16-8-4-5-9-17(16)21(20)22-24-19-11-7-6-10-18(19)23(26)25(22)3/h4-13,15,22,24H,14H2,1-3H3. The number of benzene rings is 3. The number of carbonyl (C=O) groups excluding carboxylic acids is 1. The quantitative estimate of drug-likeness (QED) is 0.706. The molecule has 1 aliphatic heterocycles. The van der Waals surface area contributed by atoms with Crippen molar-refractivity contribution in [2.24, 2.45) is 5.92 Å². The van der Waals surface area contributed by atoms with E-state index >= 15 is 0 Å². The van der Waals surface area contributed by atoms with Crippen LogP contribution in [0.3, 0.4) is 0 Å². The van der Waals surface area contributed by atoms with Crippen molar-refractivity contribution in [1.82, 2.24) is 4.90 Å². The van der Waals surface area contributed by atoms with Crippen LogP contribution in [0, 0.1) is 5.92 Å². The molecule has 1 N–H and O–H groups in total. The fraction of sp³-hybridized carbons (Fsp3) is 0.261. The summed E-state index contributed by atoms with van der Waals surface area (Å²) in [5.41, 5.74) is 2.55. The third kappa shape index (κ3) is 3.12. The zero-order valence-electron chi connectivity index (χ0n) is 15.9. The van der Waals surface area contributed by atoms with Crippen LogP contribution >= 0.6 is 0 Å². The van der Waals surface area contributed by atoms with E-state index in [0.717, 1.165) is 27.8 Å². The number of ether oxygens (including phenoxy) is 1. The van der Waals surface area contributed by atoms with Crippen molar-refractivity contribution in [2.45, 2.75) is 20.0 Å². The first kappa shape index (κ1) is 17.4. The molecule has 0 fully saturated rings. The predicted molar refractivity (Wildman–Crippen MR) is 109 cm³/mol. The van der Waals surface area contributed by atoms with Gasteiger partial charge in [-0.3, -0.25) is 4.79 Å². The average molecular weight is 360 g/mol. The largest absolute Gasteiger partial charge is 0.493 e. The summed E-state index contributed by atoms with van der Waals surface area (Å²) in [6.07, 6.45) is -0.291. The smallest absolute Gasteiger partial charge is 0.257 e. The summed E-state index contributed by atoms with van der Waals surface area (Å²) >= 11 is 0. The van der Waals surface area contributed by atoms with Crippen LogP contribution < -0.4 is 10.1 Å². The van der Waals surface area contributed by atoms with E-state index in [1.807, 2.05) is 49.5 Å². The molecule has 0 aromatic heterocycles. The number of hydrogen-bond donors (Lipinski definition) is 1. The van der Waals surface area contributed by atoms with E-state index in [-0.39, 0.29) is 12.1 Å². The van der Waals surface area contributed by atoms with Crippen molar-refractivity contribution in [3.63, 3.8) is 0 Å². The maximum atomic E-state index is 13.0. The molecule has 27 heavy (non-hydrogen) atoms. The van der Waals surface area contributed by atoms with Crippen LogP contribution in [-0.2, 0) is 0 Å². The molecule has 1 unspecified atom stereocenters. The van der Waals surface area contributed by atoms with Gasteiger partial charge in [-0.25, -0.2) is 0 Å². The Morgan fingerprint density at radius 2 is 1.78 bits per heavy atom. The number of nitrogens with zero attached hydrogens (tertiary/aromatic N) is 1. The van der Waals surface area contributed by atoms with Crippen molar-refractivity contribution in [2.75, 3.05) is 19.0 Å². The van der Waals surface area contributed by atoms with Gasteiger partial charge in [0.15, 0.2) is 0 Å². The fourth-order valence-corrected chi connectivity index (χ4v) is 3.55. The molecule has 138 valence electrons. The molecule has 1 amide bonds. The minimum atomic E-state index is -0.291. The van der Waals surface area contributed by atoms with Gasteiger partial charge < -0.3 is 15.0 Å². The molecule has 1 aliphatic rings. The molecule has 4 nitrogen and oxygen atoms in total. The minimum absolute atomic E-state index is 0.0112. The third-order valence-corrected chi connectivity index (χ3v) is 4.93.